The number of carboxylic acid groups (broad SMARTS) is 1. The number of hydrogen-bond donors (Lipinski definition) is 3. The summed E-state index contributed by atoms with van der Waals surface area (Å²) in [6.45, 7) is 5.06. The zero-order valence-corrected chi connectivity index (χ0v) is 20.9. The number of fused-ring (bicyclic) bond motifs is 1. The van der Waals surface area contributed by atoms with Crippen LogP contribution in [0.1, 0.15) is 33.9 Å². The third kappa shape index (κ3) is 5.67. The molecule has 1 fully saturated rings. The number of nitrogens with one attached hydrogen (secondary N) is 2. The van der Waals surface area contributed by atoms with E-state index in [1.54, 1.807) is 6.20 Å². The maximum atomic E-state index is 13.4. The van der Waals surface area contributed by atoms with Gasteiger partial charge in [0.05, 0.1) is 32.1 Å². The first-order valence-electron chi connectivity index (χ1n) is 12.6. The molecule has 7 heteroatoms. The van der Waals surface area contributed by atoms with Crippen LogP contribution < -0.4 is 10.2 Å². The third-order valence-corrected chi connectivity index (χ3v) is 6.83. The zero-order chi connectivity index (χ0) is 25.8. The summed E-state index contributed by atoms with van der Waals surface area (Å²) in [5, 5.41) is 13.3. The minimum atomic E-state index is -0.885. The molecule has 1 amide bonds. The summed E-state index contributed by atoms with van der Waals surface area (Å²) < 4.78 is 5.58. The number of nitrogens with zero attached hydrogens (tertiary/aromatic N) is 1. The number of carbonyl (C=O) groups excluding carboxylic acids is 1. The SMILES string of the molecule is Cc1ccc(C(NC(=O)Cc2ccc3[nH]cc(CC(=O)O)c3c2)c2ccccc2)c(N2CCOCC2)c1. The Kier molecular flexibility index (Phi) is 7.23. The second-order valence-corrected chi connectivity index (χ2v) is 9.51. The molecule has 1 aromatic heterocycles. The highest BCUT2D eigenvalue weighted by Crippen LogP contribution is 2.33. The second kappa shape index (κ2) is 10.9. The number of amides is 1. The molecular formula is C30H31N3O4. The van der Waals surface area contributed by atoms with Gasteiger partial charge in [0.2, 0.25) is 5.91 Å². The van der Waals surface area contributed by atoms with Crippen molar-refractivity contribution in [2.24, 2.45) is 0 Å². The number of carbonyl (C=O) groups is 2. The van der Waals surface area contributed by atoms with Crippen molar-refractivity contribution < 1.29 is 19.4 Å². The van der Waals surface area contributed by atoms with Crippen LogP contribution >= 0.6 is 0 Å². The van der Waals surface area contributed by atoms with E-state index in [2.05, 4.69) is 40.3 Å². The Hall–Kier alpha value is -4.10. The lowest BCUT2D eigenvalue weighted by Gasteiger charge is -2.33. The number of aromatic nitrogens is 1. The lowest BCUT2D eigenvalue weighted by molar-refractivity contribution is -0.136. The number of aromatic amines is 1. The monoisotopic (exact) mass is 497 g/mol. The van der Waals surface area contributed by atoms with Gasteiger partial charge < -0.3 is 25.0 Å². The maximum absolute atomic E-state index is 13.4. The first-order chi connectivity index (χ1) is 18.0. The summed E-state index contributed by atoms with van der Waals surface area (Å²) in [5.74, 6) is -0.985. The molecule has 5 rings (SSSR count). The van der Waals surface area contributed by atoms with E-state index in [-0.39, 0.29) is 24.8 Å². The van der Waals surface area contributed by atoms with Crippen molar-refractivity contribution in [3.8, 4) is 0 Å². The summed E-state index contributed by atoms with van der Waals surface area (Å²) in [6.07, 6.45) is 1.85. The molecule has 1 atom stereocenters. The van der Waals surface area contributed by atoms with Crippen LogP contribution in [-0.4, -0.2) is 48.3 Å². The van der Waals surface area contributed by atoms with Gasteiger partial charge in [0.15, 0.2) is 0 Å². The van der Waals surface area contributed by atoms with Crippen LogP contribution in [0.25, 0.3) is 10.9 Å². The van der Waals surface area contributed by atoms with Crippen molar-refractivity contribution in [3.63, 3.8) is 0 Å². The first-order valence-corrected chi connectivity index (χ1v) is 12.6. The fraction of sp³-hybridized carbons (Fsp3) is 0.267. The average molecular weight is 498 g/mol. The van der Waals surface area contributed by atoms with Crippen LogP contribution in [0, 0.1) is 6.92 Å². The van der Waals surface area contributed by atoms with Crippen LogP contribution in [0.2, 0.25) is 0 Å². The maximum Gasteiger partial charge on any atom is 0.307 e. The standard InChI is InChI=1S/C30H31N3O4/c1-20-7-9-24(27(15-20)33-11-13-37-14-12-33)30(22-5-3-2-4-6-22)32-28(34)17-21-8-10-26-25(16-21)23(19-31-26)18-29(35)36/h2-10,15-16,19,30-31H,11-14,17-18H2,1H3,(H,32,34)(H,35,36). The number of hydrogen-bond acceptors (Lipinski definition) is 4. The van der Waals surface area contributed by atoms with E-state index in [9.17, 15) is 14.7 Å². The molecule has 0 bridgehead atoms. The Morgan fingerprint density at radius 1 is 1.03 bits per heavy atom. The summed E-state index contributed by atoms with van der Waals surface area (Å²) in [5.41, 5.74) is 6.75. The van der Waals surface area contributed by atoms with Gasteiger partial charge in [0.25, 0.3) is 0 Å². The molecule has 1 aliphatic rings. The van der Waals surface area contributed by atoms with Crippen LogP contribution in [0.4, 0.5) is 5.69 Å². The predicted octanol–water partition coefficient (Wildman–Crippen LogP) is 4.39. The van der Waals surface area contributed by atoms with E-state index < -0.39 is 5.97 Å². The average Bonchev–Trinajstić information content (AvgIpc) is 3.29. The lowest BCUT2D eigenvalue weighted by atomic mass is 9.94. The highest BCUT2D eigenvalue weighted by molar-refractivity contribution is 5.89. The molecule has 3 aromatic carbocycles. The van der Waals surface area contributed by atoms with E-state index in [0.717, 1.165) is 46.4 Å². The summed E-state index contributed by atoms with van der Waals surface area (Å²) in [4.78, 5) is 30.1. The van der Waals surface area contributed by atoms with Gasteiger partial charge >= 0.3 is 5.97 Å². The lowest BCUT2D eigenvalue weighted by Crippen LogP contribution is -2.38. The highest BCUT2D eigenvalue weighted by Gasteiger charge is 2.24. The normalized spacial score (nSPS) is 14.5. The molecule has 0 aliphatic carbocycles. The van der Waals surface area contributed by atoms with Gasteiger partial charge in [-0.3, -0.25) is 9.59 Å². The Balaban J connectivity index is 1.44. The minimum absolute atomic E-state index is 0.0660. The first kappa shape index (κ1) is 24.6. The molecule has 7 nitrogen and oxygen atoms in total. The number of H-pyrrole nitrogens is 1. The fourth-order valence-corrected chi connectivity index (χ4v) is 5.00. The molecule has 37 heavy (non-hydrogen) atoms. The molecular weight excluding hydrogens is 466 g/mol. The zero-order valence-electron chi connectivity index (χ0n) is 20.9. The molecule has 4 aromatic rings. The number of aryl methyl sites for hydroxylation is 1. The van der Waals surface area contributed by atoms with Crippen molar-refractivity contribution in [2.45, 2.75) is 25.8 Å². The van der Waals surface area contributed by atoms with Gasteiger partial charge in [-0.2, -0.15) is 0 Å². The quantitative estimate of drug-likeness (QED) is 0.336. The predicted molar refractivity (Wildman–Crippen MR) is 144 cm³/mol. The number of ether oxygens (including phenoxy) is 1. The molecule has 0 saturated carbocycles. The molecule has 1 aliphatic heterocycles. The van der Waals surface area contributed by atoms with Gasteiger partial charge in [0.1, 0.15) is 0 Å². The van der Waals surface area contributed by atoms with E-state index in [1.165, 1.54) is 5.56 Å². The Bertz CT molecular complexity index is 1410. The van der Waals surface area contributed by atoms with Crippen molar-refractivity contribution in [2.75, 3.05) is 31.2 Å². The molecule has 0 spiro atoms. The summed E-state index contributed by atoms with van der Waals surface area (Å²) >= 11 is 0. The number of benzene rings is 3. The van der Waals surface area contributed by atoms with E-state index in [4.69, 9.17) is 4.74 Å². The Labute approximate surface area is 216 Å². The van der Waals surface area contributed by atoms with Gasteiger partial charge in [-0.05, 0) is 47.4 Å². The number of aliphatic carboxylic acids is 1. The second-order valence-electron chi connectivity index (χ2n) is 9.51. The molecule has 2 heterocycles. The van der Waals surface area contributed by atoms with Crippen LogP contribution in [0.15, 0.2) is 72.9 Å². The highest BCUT2D eigenvalue weighted by atomic mass is 16.5. The van der Waals surface area contributed by atoms with Crippen LogP contribution in [0.5, 0.6) is 0 Å². The van der Waals surface area contributed by atoms with E-state index >= 15 is 0 Å². The van der Waals surface area contributed by atoms with Gasteiger partial charge in [0, 0.05) is 41.4 Å². The number of carboxylic acids is 1. The molecule has 1 saturated heterocycles. The smallest absolute Gasteiger partial charge is 0.307 e. The minimum Gasteiger partial charge on any atom is -0.481 e. The number of rotatable bonds is 8. The number of morpholine rings is 1. The summed E-state index contributed by atoms with van der Waals surface area (Å²) in [6, 6.07) is 21.8. The van der Waals surface area contributed by atoms with Gasteiger partial charge in [-0.15, -0.1) is 0 Å². The molecule has 0 radical (unpaired) electrons. The molecule has 1 unspecified atom stereocenters. The Morgan fingerprint density at radius 2 is 1.81 bits per heavy atom. The largest absolute Gasteiger partial charge is 0.481 e. The Morgan fingerprint density at radius 3 is 2.57 bits per heavy atom. The van der Waals surface area contributed by atoms with Crippen molar-refractivity contribution >= 4 is 28.5 Å². The van der Waals surface area contributed by atoms with Gasteiger partial charge in [-0.1, -0.05) is 48.5 Å². The third-order valence-electron chi connectivity index (χ3n) is 6.83. The number of anilines is 1. The van der Waals surface area contributed by atoms with Crippen molar-refractivity contribution in [3.05, 3.63) is 101 Å². The fourth-order valence-electron chi connectivity index (χ4n) is 5.00. The van der Waals surface area contributed by atoms with E-state index in [0.29, 0.717) is 18.8 Å². The van der Waals surface area contributed by atoms with Crippen LogP contribution in [-0.2, 0) is 27.2 Å². The molecule has 190 valence electrons. The summed E-state index contributed by atoms with van der Waals surface area (Å²) in [7, 11) is 0. The van der Waals surface area contributed by atoms with Gasteiger partial charge in [-0.25, -0.2) is 0 Å². The van der Waals surface area contributed by atoms with Crippen molar-refractivity contribution in [1.29, 1.82) is 0 Å². The van der Waals surface area contributed by atoms with E-state index in [1.807, 2.05) is 48.5 Å². The van der Waals surface area contributed by atoms with Crippen molar-refractivity contribution in [1.82, 2.24) is 10.3 Å². The van der Waals surface area contributed by atoms with Crippen LogP contribution in [0.3, 0.4) is 0 Å². The topological polar surface area (TPSA) is 94.7 Å². The molecule has 3 N–H and O–H groups in total.